The van der Waals surface area contributed by atoms with Gasteiger partial charge in [0, 0.05) is 0 Å². The van der Waals surface area contributed by atoms with Gasteiger partial charge in [0.25, 0.3) is 0 Å². The Morgan fingerprint density at radius 3 is 2.23 bits per heavy atom. The van der Waals surface area contributed by atoms with Crippen molar-refractivity contribution < 1.29 is 23.5 Å². The molecular formula is C19H29FN2O4. The molecule has 0 aromatic heterocycles. The lowest BCUT2D eigenvalue weighted by Crippen LogP contribution is -2.53. The highest BCUT2D eigenvalue weighted by molar-refractivity contribution is 5.86. The van der Waals surface area contributed by atoms with Gasteiger partial charge in [-0.05, 0) is 51.0 Å². The fraction of sp³-hybridized carbons (Fsp3) is 0.579. The molecule has 0 aliphatic heterocycles. The van der Waals surface area contributed by atoms with Crippen LogP contribution in [0.15, 0.2) is 24.3 Å². The van der Waals surface area contributed by atoms with Crippen molar-refractivity contribution in [1.82, 2.24) is 10.6 Å². The van der Waals surface area contributed by atoms with E-state index in [0.29, 0.717) is 5.75 Å². The van der Waals surface area contributed by atoms with Crippen LogP contribution in [0, 0.1) is 11.7 Å². The van der Waals surface area contributed by atoms with Gasteiger partial charge in [-0.15, -0.1) is 0 Å². The second-order valence-corrected chi connectivity index (χ2v) is 6.64. The second kappa shape index (κ2) is 10.6. The summed E-state index contributed by atoms with van der Waals surface area (Å²) in [7, 11) is 0. The van der Waals surface area contributed by atoms with Gasteiger partial charge in [-0.3, -0.25) is 4.79 Å². The van der Waals surface area contributed by atoms with Crippen LogP contribution in [0.25, 0.3) is 0 Å². The quantitative estimate of drug-likeness (QED) is 0.701. The number of amides is 2. The largest absolute Gasteiger partial charge is 0.491 e. The molecule has 26 heavy (non-hydrogen) atoms. The predicted octanol–water partition coefficient (Wildman–Crippen LogP) is 3.26. The van der Waals surface area contributed by atoms with Crippen molar-refractivity contribution in [2.24, 2.45) is 5.92 Å². The molecule has 0 aliphatic carbocycles. The summed E-state index contributed by atoms with van der Waals surface area (Å²) in [5, 5.41) is 5.46. The number of carbonyl (C=O) groups excluding carboxylic acids is 2. The van der Waals surface area contributed by atoms with Crippen molar-refractivity contribution in [3.63, 3.8) is 0 Å². The molecule has 1 aromatic rings. The summed E-state index contributed by atoms with van der Waals surface area (Å²) >= 11 is 0. The molecule has 2 N–H and O–H groups in total. The van der Waals surface area contributed by atoms with Gasteiger partial charge in [0.05, 0.1) is 12.1 Å². The number of carbonyl (C=O) groups is 2. The van der Waals surface area contributed by atoms with Crippen LogP contribution in [0.4, 0.5) is 9.18 Å². The Kier molecular flexibility index (Phi) is 8.88. The Hall–Kier alpha value is -2.31. The summed E-state index contributed by atoms with van der Waals surface area (Å²) in [6, 6.07) is 4.68. The number of ether oxygens (including phenoxy) is 2. The summed E-state index contributed by atoms with van der Waals surface area (Å²) < 4.78 is 23.5. The van der Waals surface area contributed by atoms with Crippen molar-refractivity contribution in [3.8, 4) is 5.75 Å². The van der Waals surface area contributed by atoms with Gasteiger partial charge in [-0.1, -0.05) is 20.3 Å². The van der Waals surface area contributed by atoms with Gasteiger partial charge in [0.2, 0.25) is 5.91 Å². The van der Waals surface area contributed by atoms with E-state index in [9.17, 15) is 14.0 Å². The standard InChI is InChI=1S/C19H29FN2O4/c1-6-13(4)17(22-19(24)26-12(2)3)18(23)21-14(5)11-25-16-9-7-15(20)8-10-16/h7-10,12-14,17H,6,11H2,1-5H3,(H,21,23)(H,22,24). The average Bonchev–Trinajstić information content (AvgIpc) is 2.57. The Bertz CT molecular complexity index is 577. The molecule has 3 atom stereocenters. The minimum atomic E-state index is -0.695. The fourth-order valence-electron chi connectivity index (χ4n) is 2.20. The first-order chi connectivity index (χ1) is 12.2. The minimum Gasteiger partial charge on any atom is -0.491 e. The van der Waals surface area contributed by atoms with E-state index in [2.05, 4.69) is 10.6 Å². The number of hydrogen-bond acceptors (Lipinski definition) is 4. The maximum atomic E-state index is 12.9. The Morgan fingerprint density at radius 1 is 1.08 bits per heavy atom. The molecule has 0 saturated heterocycles. The van der Waals surface area contributed by atoms with E-state index < -0.39 is 12.1 Å². The van der Waals surface area contributed by atoms with Gasteiger partial charge >= 0.3 is 6.09 Å². The Morgan fingerprint density at radius 2 is 1.69 bits per heavy atom. The number of benzene rings is 1. The zero-order valence-corrected chi connectivity index (χ0v) is 16.0. The normalized spacial score (nSPS) is 14.3. The van der Waals surface area contributed by atoms with Crippen molar-refractivity contribution in [2.75, 3.05) is 6.61 Å². The van der Waals surface area contributed by atoms with Crippen LogP contribution in [0.5, 0.6) is 5.75 Å². The number of halogens is 1. The van der Waals surface area contributed by atoms with Crippen LogP contribution in [-0.4, -0.2) is 36.8 Å². The molecule has 2 amide bonds. The first-order valence-electron chi connectivity index (χ1n) is 8.88. The molecule has 0 bridgehead atoms. The lowest BCUT2D eigenvalue weighted by molar-refractivity contribution is -0.125. The molecule has 146 valence electrons. The molecule has 0 saturated carbocycles. The highest BCUT2D eigenvalue weighted by atomic mass is 19.1. The second-order valence-electron chi connectivity index (χ2n) is 6.64. The van der Waals surface area contributed by atoms with E-state index in [1.54, 1.807) is 20.8 Å². The first kappa shape index (κ1) is 21.7. The average molecular weight is 368 g/mol. The van der Waals surface area contributed by atoms with E-state index in [1.165, 1.54) is 24.3 Å². The molecule has 7 heteroatoms. The Labute approximate surface area is 154 Å². The van der Waals surface area contributed by atoms with Gasteiger partial charge < -0.3 is 20.1 Å². The fourth-order valence-corrected chi connectivity index (χ4v) is 2.20. The van der Waals surface area contributed by atoms with Crippen LogP contribution < -0.4 is 15.4 Å². The molecule has 6 nitrogen and oxygen atoms in total. The summed E-state index contributed by atoms with van der Waals surface area (Å²) in [4.78, 5) is 24.4. The van der Waals surface area contributed by atoms with Crippen LogP contribution in [0.1, 0.15) is 41.0 Å². The Balaban J connectivity index is 2.57. The third-order valence-corrected chi connectivity index (χ3v) is 3.81. The maximum Gasteiger partial charge on any atom is 0.408 e. The smallest absolute Gasteiger partial charge is 0.408 e. The molecule has 0 fully saturated rings. The summed E-state index contributed by atoms with van der Waals surface area (Å²) in [6.07, 6.45) is -0.158. The highest BCUT2D eigenvalue weighted by Gasteiger charge is 2.27. The molecule has 1 aromatic carbocycles. The third-order valence-electron chi connectivity index (χ3n) is 3.81. The lowest BCUT2D eigenvalue weighted by atomic mass is 9.98. The van der Waals surface area contributed by atoms with Gasteiger partial charge in [-0.25, -0.2) is 9.18 Å². The third kappa shape index (κ3) is 7.72. The summed E-state index contributed by atoms with van der Waals surface area (Å²) in [5.74, 6) is -0.172. The van der Waals surface area contributed by atoms with E-state index in [1.807, 2.05) is 13.8 Å². The van der Waals surface area contributed by atoms with Gasteiger partial charge in [-0.2, -0.15) is 0 Å². The topological polar surface area (TPSA) is 76.7 Å². The van der Waals surface area contributed by atoms with Crippen molar-refractivity contribution in [3.05, 3.63) is 30.1 Å². The van der Waals surface area contributed by atoms with Crippen molar-refractivity contribution >= 4 is 12.0 Å². The van der Waals surface area contributed by atoms with Crippen LogP contribution in [0.3, 0.4) is 0 Å². The summed E-state index contributed by atoms with van der Waals surface area (Å²) in [5.41, 5.74) is 0. The van der Waals surface area contributed by atoms with E-state index >= 15 is 0 Å². The van der Waals surface area contributed by atoms with E-state index in [-0.39, 0.29) is 36.4 Å². The molecule has 0 radical (unpaired) electrons. The zero-order chi connectivity index (χ0) is 19.7. The summed E-state index contributed by atoms with van der Waals surface area (Å²) in [6.45, 7) is 9.34. The number of rotatable bonds is 9. The van der Waals surface area contributed by atoms with Crippen molar-refractivity contribution in [2.45, 2.75) is 59.2 Å². The number of alkyl carbamates (subject to hydrolysis) is 1. The number of nitrogens with one attached hydrogen (secondary N) is 2. The predicted molar refractivity (Wildman–Crippen MR) is 97.5 cm³/mol. The van der Waals surface area contributed by atoms with Crippen LogP contribution in [0.2, 0.25) is 0 Å². The zero-order valence-electron chi connectivity index (χ0n) is 16.0. The molecule has 0 aliphatic rings. The lowest BCUT2D eigenvalue weighted by Gasteiger charge is -2.25. The number of hydrogen-bond donors (Lipinski definition) is 2. The van der Waals surface area contributed by atoms with Crippen LogP contribution >= 0.6 is 0 Å². The molecule has 0 spiro atoms. The SMILES string of the molecule is CCC(C)C(NC(=O)OC(C)C)C(=O)NC(C)COc1ccc(F)cc1. The van der Waals surface area contributed by atoms with E-state index in [4.69, 9.17) is 9.47 Å². The molecule has 0 heterocycles. The minimum absolute atomic E-state index is 0.0556. The molecule has 1 rings (SSSR count). The van der Waals surface area contributed by atoms with E-state index in [0.717, 1.165) is 6.42 Å². The highest BCUT2D eigenvalue weighted by Crippen LogP contribution is 2.12. The van der Waals surface area contributed by atoms with Crippen molar-refractivity contribution in [1.29, 1.82) is 0 Å². The molecule has 3 unspecified atom stereocenters. The van der Waals surface area contributed by atoms with Gasteiger partial charge in [0.15, 0.2) is 0 Å². The monoisotopic (exact) mass is 368 g/mol. The maximum absolute atomic E-state index is 12.9. The van der Waals surface area contributed by atoms with Crippen LogP contribution in [-0.2, 0) is 9.53 Å². The first-order valence-corrected chi connectivity index (χ1v) is 8.88. The molecular weight excluding hydrogens is 339 g/mol. The van der Waals surface area contributed by atoms with Gasteiger partial charge in [0.1, 0.15) is 24.2 Å².